The molecule has 0 fully saturated rings. The molecule has 2 rings (SSSR count). The van der Waals surface area contributed by atoms with Gasteiger partial charge >= 0.3 is 0 Å². The summed E-state index contributed by atoms with van der Waals surface area (Å²) in [6.07, 6.45) is 3.30. The number of hydrogen-bond acceptors (Lipinski definition) is 3. The summed E-state index contributed by atoms with van der Waals surface area (Å²) in [5.41, 5.74) is 2.42. The lowest BCUT2D eigenvalue weighted by Crippen LogP contribution is -2.07. The second-order valence-electron chi connectivity index (χ2n) is 7.08. The van der Waals surface area contributed by atoms with E-state index in [9.17, 15) is 5.21 Å². The minimum absolute atomic E-state index is 0.490. The molecule has 0 spiro atoms. The standard InChI is InChI=1S/C22H30N2O2/c1-5-17(3)15-19-7-9-20(10-8-19)23-24(25)21-11-13-22(14-12-21)26-16-18(4)6-2/h7-14,17-18H,5-6,15-16H2,1-4H3. The van der Waals surface area contributed by atoms with Crippen LogP contribution in [0.2, 0.25) is 0 Å². The maximum Gasteiger partial charge on any atom is 0.245 e. The Morgan fingerprint density at radius 1 is 0.923 bits per heavy atom. The zero-order valence-electron chi connectivity index (χ0n) is 16.3. The number of hydrogen-bond donors (Lipinski definition) is 0. The fraction of sp³-hybridized carbons (Fsp3) is 0.455. The van der Waals surface area contributed by atoms with E-state index in [4.69, 9.17) is 4.74 Å². The van der Waals surface area contributed by atoms with Crippen LogP contribution in [0.3, 0.4) is 0 Å². The lowest BCUT2D eigenvalue weighted by molar-refractivity contribution is -0.435. The van der Waals surface area contributed by atoms with Crippen molar-refractivity contribution in [2.45, 2.75) is 47.0 Å². The lowest BCUT2D eigenvalue weighted by atomic mass is 9.99. The van der Waals surface area contributed by atoms with Gasteiger partial charge in [-0.15, -0.1) is 0 Å². The highest BCUT2D eigenvalue weighted by molar-refractivity contribution is 5.39. The zero-order valence-corrected chi connectivity index (χ0v) is 16.3. The Kier molecular flexibility index (Phi) is 7.64. The summed E-state index contributed by atoms with van der Waals surface area (Å²) in [6, 6.07) is 15.0. The maximum atomic E-state index is 12.3. The van der Waals surface area contributed by atoms with Gasteiger partial charge < -0.3 is 9.94 Å². The largest absolute Gasteiger partial charge is 0.594 e. The normalized spacial score (nSPS) is 14.1. The van der Waals surface area contributed by atoms with E-state index in [0.29, 0.717) is 34.7 Å². The van der Waals surface area contributed by atoms with E-state index in [0.717, 1.165) is 25.0 Å². The van der Waals surface area contributed by atoms with Crippen LogP contribution in [0.5, 0.6) is 5.75 Å². The molecule has 140 valence electrons. The van der Waals surface area contributed by atoms with Crippen LogP contribution in [-0.2, 0) is 6.42 Å². The van der Waals surface area contributed by atoms with Crippen LogP contribution in [0.25, 0.3) is 0 Å². The van der Waals surface area contributed by atoms with Crippen LogP contribution >= 0.6 is 0 Å². The summed E-state index contributed by atoms with van der Waals surface area (Å²) in [4.78, 5) is 0.655. The third-order valence-corrected chi connectivity index (χ3v) is 4.71. The van der Waals surface area contributed by atoms with Crippen LogP contribution in [0.4, 0.5) is 11.4 Å². The molecule has 2 unspecified atom stereocenters. The van der Waals surface area contributed by atoms with Crippen molar-refractivity contribution >= 4 is 11.4 Å². The number of ether oxygens (including phenoxy) is 1. The Morgan fingerprint density at radius 3 is 2.12 bits per heavy atom. The summed E-state index contributed by atoms with van der Waals surface area (Å²) >= 11 is 0. The van der Waals surface area contributed by atoms with E-state index in [-0.39, 0.29) is 0 Å². The van der Waals surface area contributed by atoms with E-state index in [1.54, 1.807) is 12.1 Å². The van der Waals surface area contributed by atoms with E-state index in [1.165, 1.54) is 5.56 Å². The average Bonchev–Trinajstić information content (AvgIpc) is 2.67. The SMILES string of the molecule is CCC(C)COc1ccc([N+]([O-])=Nc2ccc(CC(C)CC)cc2)cc1. The molecule has 26 heavy (non-hydrogen) atoms. The van der Waals surface area contributed by atoms with E-state index >= 15 is 0 Å². The minimum Gasteiger partial charge on any atom is -0.594 e. The van der Waals surface area contributed by atoms with Crippen molar-refractivity contribution in [1.82, 2.24) is 0 Å². The molecular formula is C22H30N2O2. The molecule has 2 aromatic rings. The van der Waals surface area contributed by atoms with Crippen LogP contribution in [-0.4, -0.2) is 11.5 Å². The van der Waals surface area contributed by atoms with Crippen LogP contribution in [0, 0.1) is 17.0 Å². The highest BCUT2D eigenvalue weighted by Gasteiger charge is 2.07. The fourth-order valence-electron chi connectivity index (χ4n) is 2.43. The smallest absolute Gasteiger partial charge is 0.245 e. The van der Waals surface area contributed by atoms with Gasteiger partial charge in [0.2, 0.25) is 5.69 Å². The van der Waals surface area contributed by atoms with Crippen molar-refractivity contribution in [1.29, 1.82) is 0 Å². The molecular weight excluding hydrogens is 324 g/mol. The number of azo groups is 1. The van der Waals surface area contributed by atoms with Gasteiger partial charge in [-0.25, -0.2) is 0 Å². The molecule has 0 amide bonds. The molecule has 2 atom stereocenters. The Bertz CT molecular complexity index is 693. The van der Waals surface area contributed by atoms with Crippen LogP contribution in [0.15, 0.2) is 53.6 Å². The summed E-state index contributed by atoms with van der Waals surface area (Å²) in [5, 5.41) is 16.4. The van der Waals surface area contributed by atoms with Crippen LogP contribution in [0.1, 0.15) is 46.1 Å². The second-order valence-corrected chi connectivity index (χ2v) is 7.08. The predicted octanol–water partition coefficient (Wildman–Crippen LogP) is 6.63. The zero-order chi connectivity index (χ0) is 18.9. The van der Waals surface area contributed by atoms with Gasteiger partial charge in [-0.3, -0.25) is 0 Å². The fourth-order valence-corrected chi connectivity index (χ4v) is 2.43. The third-order valence-electron chi connectivity index (χ3n) is 4.71. The molecule has 0 saturated carbocycles. The topological polar surface area (TPSA) is 47.7 Å². The number of rotatable bonds is 9. The molecule has 4 heteroatoms. The first kappa shape index (κ1) is 20.0. The van der Waals surface area contributed by atoms with Gasteiger partial charge in [0.1, 0.15) is 11.4 Å². The van der Waals surface area contributed by atoms with E-state index < -0.39 is 0 Å². The van der Waals surface area contributed by atoms with Gasteiger partial charge in [0.15, 0.2) is 0 Å². The van der Waals surface area contributed by atoms with Crippen molar-refractivity contribution in [2.75, 3.05) is 6.61 Å². The van der Waals surface area contributed by atoms with Crippen molar-refractivity contribution in [3.05, 3.63) is 59.3 Å². The summed E-state index contributed by atoms with van der Waals surface area (Å²) in [5.74, 6) is 1.95. The second kappa shape index (κ2) is 9.95. The summed E-state index contributed by atoms with van der Waals surface area (Å²) in [6.45, 7) is 9.42. The Labute approximate surface area is 157 Å². The van der Waals surface area contributed by atoms with Crippen molar-refractivity contribution in [2.24, 2.45) is 17.0 Å². The summed E-state index contributed by atoms with van der Waals surface area (Å²) < 4.78 is 5.71. The quantitative estimate of drug-likeness (QED) is 0.288. The number of benzene rings is 2. The third kappa shape index (κ3) is 6.17. The molecule has 0 radical (unpaired) electrons. The molecule has 0 saturated heterocycles. The van der Waals surface area contributed by atoms with Crippen molar-refractivity contribution in [3.63, 3.8) is 0 Å². The monoisotopic (exact) mass is 354 g/mol. The van der Waals surface area contributed by atoms with Crippen molar-refractivity contribution in [3.8, 4) is 5.75 Å². The molecule has 0 heterocycles. The van der Waals surface area contributed by atoms with E-state index in [2.05, 4.69) is 32.8 Å². The van der Waals surface area contributed by atoms with Gasteiger partial charge in [0.25, 0.3) is 0 Å². The molecule has 0 aliphatic carbocycles. The minimum atomic E-state index is 0.490. The first-order chi connectivity index (χ1) is 12.5. The molecule has 0 aliphatic rings. The summed E-state index contributed by atoms with van der Waals surface area (Å²) in [7, 11) is 0. The van der Waals surface area contributed by atoms with Gasteiger partial charge in [-0.2, -0.15) is 0 Å². The van der Waals surface area contributed by atoms with Gasteiger partial charge in [0, 0.05) is 17.2 Å². The molecule has 2 aromatic carbocycles. The Morgan fingerprint density at radius 2 is 1.54 bits per heavy atom. The van der Waals surface area contributed by atoms with E-state index in [1.807, 2.05) is 36.4 Å². The first-order valence-corrected chi connectivity index (χ1v) is 9.52. The van der Waals surface area contributed by atoms with Gasteiger partial charge in [-0.1, -0.05) is 57.5 Å². The lowest BCUT2D eigenvalue weighted by Gasteiger charge is -2.10. The Balaban J connectivity index is 2.00. The highest BCUT2D eigenvalue weighted by atomic mass is 16.5. The molecule has 0 aromatic heterocycles. The molecule has 4 nitrogen and oxygen atoms in total. The predicted molar refractivity (Wildman–Crippen MR) is 106 cm³/mol. The van der Waals surface area contributed by atoms with Crippen LogP contribution < -0.4 is 4.74 Å². The molecule has 0 bridgehead atoms. The maximum absolute atomic E-state index is 12.3. The molecule has 0 aliphatic heterocycles. The van der Waals surface area contributed by atoms with Crippen molar-refractivity contribution < 1.29 is 9.60 Å². The molecule has 0 N–H and O–H groups in total. The number of nitrogens with zero attached hydrogens (tertiary/aromatic N) is 2. The van der Waals surface area contributed by atoms with Gasteiger partial charge in [0.05, 0.1) is 6.61 Å². The average molecular weight is 354 g/mol. The van der Waals surface area contributed by atoms with Gasteiger partial charge in [-0.05, 0) is 48.1 Å². The first-order valence-electron chi connectivity index (χ1n) is 9.52. The highest BCUT2D eigenvalue weighted by Crippen LogP contribution is 2.22. The Hall–Kier alpha value is -2.36.